The highest BCUT2D eigenvalue weighted by Gasteiger charge is 2.13. The predicted octanol–water partition coefficient (Wildman–Crippen LogP) is 3.64. The van der Waals surface area contributed by atoms with Crippen LogP contribution in [0.4, 0.5) is 0 Å². The number of nitrogens with zero attached hydrogens (tertiary/aromatic N) is 3. The molecule has 0 N–H and O–H groups in total. The fourth-order valence-corrected chi connectivity index (χ4v) is 3.01. The van der Waals surface area contributed by atoms with Crippen molar-refractivity contribution in [2.45, 2.75) is 26.8 Å². The van der Waals surface area contributed by atoms with Crippen LogP contribution in [0.1, 0.15) is 25.1 Å². The van der Waals surface area contributed by atoms with Crippen LogP contribution in [0.15, 0.2) is 41.5 Å². The van der Waals surface area contributed by atoms with Crippen LogP contribution in [0.2, 0.25) is 5.02 Å². The molecule has 0 aliphatic heterocycles. The average Bonchev–Trinajstić information content (AvgIpc) is 2.91. The Balaban J connectivity index is 2.09. The Kier molecular flexibility index (Phi) is 4.26. The summed E-state index contributed by atoms with van der Waals surface area (Å²) >= 11 is 6.24. The van der Waals surface area contributed by atoms with Crippen molar-refractivity contribution in [2.75, 3.05) is 0 Å². The molecule has 0 saturated carbocycles. The van der Waals surface area contributed by atoms with E-state index >= 15 is 0 Å². The third-order valence-electron chi connectivity index (χ3n) is 3.90. The second-order valence-corrected chi connectivity index (χ2v) is 6.73. The van der Waals surface area contributed by atoms with Crippen molar-refractivity contribution in [1.82, 2.24) is 14.3 Å². The van der Waals surface area contributed by atoms with Crippen molar-refractivity contribution >= 4 is 22.4 Å². The minimum atomic E-state index is -0.0644. The van der Waals surface area contributed by atoms with Gasteiger partial charge in [0.15, 0.2) is 0 Å². The number of hydrogen-bond acceptors (Lipinski definition) is 2. The first-order valence-electron chi connectivity index (χ1n) is 7.74. The summed E-state index contributed by atoms with van der Waals surface area (Å²) in [6.07, 6.45) is 4.75. The first-order chi connectivity index (χ1) is 11.0. The van der Waals surface area contributed by atoms with Crippen LogP contribution in [0.5, 0.6) is 0 Å². The van der Waals surface area contributed by atoms with Crippen LogP contribution in [-0.2, 0) is 20.0 Å². The number of aromatic nitrogens is 3. The van der Waals surface area contributed by atoms with E-state index in [4.69, 9.17) is 11.6 Å². The van der Waals surface area contributed by atoms with Gasteiger partial charge >= 0.3 is 0 Å². The van der Waals surface area contributed by atoms with Gasteiger partial charge in [-0.3, -0.25) is 4.79 Å². The summed E-state index contributed by atoms with van der Waals surface area (Å²) in [4.78, 5) is 12.4. The summed E-state index contributed by atoms with van der Waals surface area (Å²) in [6, 6.07) is 7.76. The van der Waals surface area contributed by atoms with Gasteiger partial charge in [0.1, 0.15) is 0 Å². The summed E-state index contributed by atoms with van der Waals surface area (Å²) < 4.78 is 3.44. The molecule has 0 aliphatic rings. The van der Waals surface area contributed by atoms with Crippen LogP contribution in [0.3, 0.4) is 0 Å². The van der Waals surface area contributed by atoms with E-state index in [1.165, 1.54) is 4.68 Å². The molecule has 120 valence electrons. The molecule has 0 atom stereocenters. The molecule has 4 nitrogen and oxygen atoms in total. The van der Waals surface area contributed by atoms with Gasteiger partial charge in [0, 0.05) is 36.4 Å². The van der Waals surface area contributed by atoms with Crippen LogP contribution >= 0.6 is 11.6 Å². The van der Waals surface area contributed by atoms with Crippen molar-refractivity contribution < 1.29 is 0 Å². The lowest BCUT2D eigenvalue weighted by Crippen LogP contribution is -2.21. The van der Waals surface area contributed by atoms with Crippen LogP contribution < -0.4 is 5.56 Å². The molecule has 2 aromatic heterocycles. The van der Waals surface area contributed by atoms with Gasteiger partial charge in [0.05, 0.1) is 11.1 Å². The molecule has 0 bridgehead atoms. The summed E-state index contributed by atoms with van der Waals surface area (Å²) in [5.41, 5.74) is 1.94. The fourth-order valence-electron chi connectivity index (χ4n) is 2.82. The van der Waals surface area contributed by atoms with Crippen molar-refractivity contribution in [1.29, 1.82) is 0 Å². The van der Waals surface area contributed by atoms with Gasteiger partial charge in [-0.2, -0.15) is 5.10 Å². The standard InChI is InChI=1S/C18H20ClN3O/c1-12(2)8-17-14-10-22(9-13-6-4-5-7-16(13)19)11-15(14)18(23)21(3)20-17/h4-7,10-12H,8-9H2,1-3H3. The molecule has 0 saturated heterocycles. The summed E-state index contributed by atoms with van der Waals surface area (Å²) in [7, 11) is 1.71. The number of halogens is 1. The minimum Gasteiger partial charge on any atom is -0.348 e. The quantitative estimate of drug-likeness (QED) is 0.733. The van der Waals surface area contributed by atoms with Crippen molar-refractivity contribution in [2.24, 2.45) is 13.0 Å². The maximum atomic E-state index is 12.4. The van der Waals surface area contributed by atoms with E-state index < -0.39 is 0 Å². The maximum Gasteiger partial charge on any atom is 0.275 e. The zero-order valence-corrected chi connectivity index (χ0v) is 14.3. The van der Waals surface area contributed by atoms with Gasteiger partial charge in [-0.05, 0) is 24.0 Å². The zero-order chi connectivity index (χ0) is 16.6. The molecule has 0 unspecified atom stereocenters. The zero-order valence-electron chi connectivity index (χ0n) is 13.6. The number of rotatable bonds is 4. The minimum absolute atomic E-state index is 0.0644. The first kappa shape index (κ1) is 15.8. The molecular weight excluding hydrogens is 310 g/mol. The molecular formula is C18H20ClN3O. The molecule has 3 aromatic rings. The fraction of sp³-hybridized carbons (Fsp3) is 0.333. The number of fused-ring (bicyclic) bond motifs is 1. The highest BCUT2D eigenvalue weighted by molar-refractivity contribution is 6.31. The smallest absolute Gasteiger partial charge is 0.275 e. The summed E-state index contributed by atoms with van der Waals surface area (Å²) in [5.74, 6) is 0.482. The van der Waals surface area contributed by atoms with Crippen LogP contribution in [-0.4, -0.2) is 14.3 Å². The monoisotopic (exact) mass is 329 g/mol. The first-order valence-corrected chi connectivity index (χ1v) is 8.12. The third kappa shape index (κ3) is 3.17. The van der Waals surface area contributed by atoms with Gasteiger partial charge in [0.25, 0.3) is 5.56 Å². The Morgan fingerprint density at radius 3 is 2.57 bits per heavy atom. The van der Waals surface area contributed by atoms with Gasteiger partial charge in [-0.1, -0.05) is 43.6 Å². The second kappa shape index (κ2) is 6.20. The van der Waals surface area contributed by atoms with Crippen molar-refractivity contribution in [3.63, 3.8) is 0 Å². The van der Waals surface area contributed by atoms with E-state index in [2.05, 4.69) is 18.9 Å². The van der Waals surface area contributed by atoms with Crippen LogP contribution in [0.25, 0.3) is 10.8 Å². The van der Waals surface area contributed by atoms with Gasteiger partial charge in [-0.15, -0.1) is 0 Å². The lowest BCUT2D eigenvalue weighted by atomic mass is 10.1. The Hall–Kier alpha value is -2.07. The van der Waals surface area contributed by atoms with Gasteiger partial charge < -0.3 is 4.57 Å². The molecule has 1 aromatic carbocycles. The molecule has 3 rings (SSSR count). The predicted molar refractivity (Wildman–Crippen MR) is 94.1 cm³/mol. The van der Waals surface area contributed by atoms with Gasteiger partial charge in [-0.25, -0.2) is 4.68 Å². The number of aryl methyl sites for hydroxylation is 1. The van der Waals surface area contributed by atoms with E-state index in [0.717, 1.165) is 28.1 Å². The van der Waals surface area contributed by atoms with Gasteiger partial charge in [0.2, 0.25) is 0 Å². The lowest BCUT2D eigenvalue weighted by molar-refractivity contribution is 0.605. The Morgan fingerprint density at radius 2 is 1.87 bits per heavy atom. The summed E-state index contributed by atoms with van der Waals surface area (Å²) in [5, 5.41) is 6.83. The van der Waals surface area contributed by atoms with E-state index in [0.29, 0.717) is 17.8 Å². The maximum absolute atomic E-state index is 12.4. The summed E-state index contributed by atoms with van der Waals surface area (Å²) in [6.45, 7) is 4.94. The third-order valence-corrected chi connectivity index (χ3v) is 4.27. The number of hydrogen-bond donors (Lipinski definition) is 0. The topological polar surface area (TPSA) is 39.8 Å². The molecule has 0 aliphatic carbocycles. The van der Waals surface area contributed by atoms with E-state index in [1.807, 2.05) is 41.2 Å². The molecule has 0 radical (unpaired) electrons. The SMILES string of the molecule is CC(C)Cc1nn(C)c(=O)c2cn(Cc3ccccc3Cl)cc12. The molecule has 2 heterocycles. The normalized spacial score (nSPS) is 11.5. The molecule has 5 heteroatoms. The lowest BCUT2D eigenvalue weighted by Gasteiger charge is -2.07. The molecule has 23 heavy (non-hydrogen) atoms. The van der Waals surface area contributed by atoms with Crippen LogP contribution in [0, 0.1) is 5.92 Å². The second-order valence-electron chi connectivity index (χ2n) is 6.32. The van der Waals surface area contributed by atoms with E-state index in [9.17, 15) is 4.79 Å². The molecule has 0 amide bonds. The highest BCUT2D eigenvalue weighted by atomic mass is 35.5. The van der Waals surface area contributed by atoms with Crippen molar-refractivity contribution in [3.05, 3.63) is 63.3 Å². The van der Waals surface area contributed by atoms with E-state index in [1.54, 1.807) is 7.05 Å². The average molecular weight is 330 g/mol. The Bertz CT molecular complexity index is 908. The largest absolute Gasteiger partial charge is 0.348 e. The highest BCUT2D eigenvalue weighted by Crippen LogP contribution is 2.21. The van der Waals surface area contributed by atoms with E-state index in [-0.39, 0.29) is 5.56 Å². The number of benzene rings is 1. The van der Waals surface area contributed by atoms with Crippen molar-refractivity contribution in [3.8, 4) is 0 Å². The molecule has 0 fully saturated rings. The molecule has 0 spiro atoms. The Labute approximate surface area is 140 Å². The Morgan fingerprint density at radius 1 is 1.17 bits per heavy atom.